The van der Waals surface area contributed by atoms with E-state index in [9.17, 15) is 0 Å². The first kappa shape index (κ1) is 13.5. The van der Waals surface area contributed by atoms with Crippen LogP contribution in [-0.4, -0.2) is 20.8 Å². The highest BCUT2D eigenvalue weighted by Gasteiger charge is 2.37. The van der Waals surface area contributed by atoms with Crippen LogP contribution in [-0.2, 0) is 5.41 Å². The van der Waals surface area contributed by atoms with Gasteiger partial charge in [-0.05, 0) is 18.9 Å². The van der Waals surface area contributed by atoms with E-state index in [1.165, 1.54) is 12.8 Å². The summed E-state index contributed by atoms with van der Waals surface area (Å²) in [4.78, 5) is 0. The van der Waals surface area contributed by atoms with Crippen molar-refractivity contribution in [3.05, 3.63) is 22.7 Å². The Balaban J connectivity index is 2.56. The summed E-state index contributed by atoms with van der Waals surface area (Å²) in [5.74, 6) is 1.50. The van der Waals surface area contributed by atoms with Crippen molar-refractivity contribution in [1.29, 1.82) is 0 Å². The number of methoxy groups -OCH3 is 2. The lowest BCUT2D eigenvalue weighted by Gasteiger charge is -2.30. The van der Waals surface area contributed by atoms with E-state index in [1.54, 1.807) is 20.3 Å². The molecule has 1 aliphatic rings. The largest absolute Gasteiger partial charge is 0.497 e. The van der Waals surface area contributed by atoms with E-state index in [0.29, 0.717) is 11.6 Å². The molecule has 0 aliphatic heterocycles. The Bertz CT molecular complexity index is 428. The smallest absolute Gasteiger partial charge is 0.141 e. The van der Waals surface area contributed by atoms with Gasteiger partial charge in [0, 0.05) is 23.6 Å². The first-order valence-electron chi connectivity index (χ1n) is 6.29. The van der Waals surface area contributed by atoms with E-state index >= 15 is 0 Å². The van der Waals surface area contributed by atoms with Gasteiger partial charge < -0.3 is 15.2 Å². The molecular formula is C14H20ClNO2. The van der Waals surface area contributed by atoms with Crippen LogP contribution in [0.2, 0.25) is 5.02 Å². The van der Waals surface area contributed by atoms with E-state index in [2.05, 4.69) is 0 Å². The molecule has 1 fully saturated rings. The number of nitrogens with two attached hydrogens (primary N) is 1. The predicted molar refractivity (Wildman–Crippen MR) is 73.8 cm³/mol. The summed E-state index contributed by atoms with van der Waals surface area (Å²) in [6.07, 6.45) is 4.58. The van der Waals surface area contributed by atoms with Gasteiger partial charge in [0.1, 0.15) is 11.5 Å². The molecule has 1 saturated carbocycles. The maximum atomic E-state index is 6.27. The van der Waals surface area contributed by atoms with Crippen LogP contribution in [0.4, 0.5) is 0 Å². The summed E-state index contributed by atoms with van der Waals surface area (Å²) >= 11 is 6.27. The van der Waals surface area contributed by atoms with E-state index in [1.807, 2.05) is 6.07 Å². The van der Waals surface area contributed by atoms with Crippen molar-refractivity contribution in [1.82, 2.24) is 0 Å². The predicted octanol–water partition coefficient (Wildman–Crippen LogP) is 3.13. The minimum Gasteiger partial charge on any atom is -0.497 e. The van der Waals surface area contributed by atoms with E-state index in [-0.39, 0.29) is 5.41 Å². The second kappa shape index (κ2) is 5.37. The maximum absolute atomic E-state index is 6.27. The van der Waals surface area contributed by atoms with Crippen LogP contribution in [0.5, 0.6) is 11.5 Å². The third-order valence-electron chi connectivity index (χ3n) is 3.98. The quantitative estimate of drug-likeness (QED) is 0.913. The molecule has 1 aromatic carbocycles. The number of rotatable bonds is 4. The molecule has 0 spiro atoms. The van der Waals surface area contributed by atoms with Crippen LogP contribution in [0, 0.1) is 0 Å². The number of hydrogen-bond acceptors (Lipinski definition) is 3. The standard InChI is InChI=1S/C14H20ClNO2/c1-17-10-7-11(13(18-2)12(15)8-10)14(9-16)5-3-4-6-14/h7-8H,3-6,9,16H2,1-2H3. The van der Waals surface area contributed by atoms with Crippen molar-refractivity contribution >= 4 is 11.6 Å². The SMILES string of the molecule is COc1cc(Cl)c(OC)c(C2(CN)CCCC2)c1. The Morgan fingerprint density at radius 3 is 2.39 bits per heavy atom. The van der Waals surface area contributed by atoms with E-state index < -0.39 is 0 Å². The molecule has 0 saturated heterocycles. The summed E-state index contributed by atoms with van der Waals surface area (Å²) in [5.41, 5.74) is 7.11. The van der Waals surface area contributed by atoms with Gasteiger partial charge in [-0.15, -0.1) is 0 Å². The van der Waals surface area contributed by atoms with Crippen LogP contribution in [0.3, 0.4) is 0 Å². The number of halogens is 1. The van der Waals surface area contributed by atoms with Gasteiger partial charge in [0.15, 0.2) is 0 Å². The minimum atomic E-state index is -0.0104. The minimum absolute atomic E-state index is 0.0104. The molecule has 0 unspecified atom stereocenters. The van der Waals surface area contributed by atoms with Gasteiger partial charge in [-0.3, -0.25) is 0 Å². The molecule has 0 radical (unpaired) electrons. The van der Waals surface area contributed by atoms with Gasteiger partial charge in [0.2, 0.25) is 0 Å². The first-order valence-corrected chi connectivity index (χ1v) is 6.67. The molecule has 3 nitrogen and oxygen atoms in total. The van der Waals surface area contributed by atoms with Crippen molar-refractivity contribution in [2.24, 2.45) is 5.73 Å². The summed E-state index contributed by atoms with van der Waals surface area (Å²) in [6.45, 7) is 0.618. The first-order chi connectivity index (χ1) is 8.66. The lowest BCUT2D eigenvalue weighted by Crippen LogP contribution is -2.32. The Kier molecular flexibility index (Phi) is 4.03. The lowest BCUT2D eigenvalue weighted by atomic mass is 9.78. The Hall–Kier alpha value is -0.930. The molecule has 2 rings (SSSR count). The highest BCUT2D eigenvalue weighted by atomic mass is 35.5. The fourth-order valence-corrected chi connectivity index (χ4v) is 3.21. The molecule has 1 aromatic rings. The third kappa shape index (κ3) is 2.17. The lowest BCUT2D eigenvalue weighted by molar-refractivity contribution is 0.370. The van der Waals surface area contributed by atoms with Crippen LogP contribution < -0.4 is 15.2 Å². The van der Waals surface area contributed by atoms with Crippen LogP contribution in [0.15, 0.2) is 12.1 Å². The van der Waals surface area contributed by atoms with Crippen LogP contribution in [0.1, 0.15) is 31.2 Å². The van der Waals surface area contributed by atoms with E-state index in [4.69, 9.17) is 26.8 Å². The van der Waals surface area contributed by atoms with Crippen LogP contribution in [0.25, 0.3) is 0 Å². The topological polar surface area (TPSA) is 44.5 Å². The highest BCUT2D eigenvalue weighted by Crippen LogP contribution is 2.47. The highest BCUT2D eigenvalue weighted by molar-refractivity contribution is 6.32. The monoisotopic (exact) mass is 269 g/mol. The summed E-state index contributed by atoms with van der Waals surface area (Å²) in [5, 5.41) is 0.589. The molecule has 4 heteroatoms. The zero-order valence-electron chi connectivity index (χ0n) is 11.0. The van der Waals surface area contributed by atoms with Crippen molar-refractivity contribution in [3.8, 4) is 11.5 Å². The number of benzene rings is 1. The van der Waals surface area contributed by atoms with Gasteiger partial charge in [-0.1, -0.05) is 24.4 Å². The van der Waals surface area contributed by atoms with Crippen molar-refractivity contribution in [2.45, 2.75) is 31.1 Å². The normalized spacial score (nSPS) is 17.8. The molecular weight excluding hydrogens is 250 g/mol. The molecule has 18 heavy (non-hydrogen) atoms. The van der Waals surface area contributed by atoms with Gasteiger partial charge >= 0.3 is 0 Å². The summed E-state index contributed by atoms with van der Waals surface area (Å²) in [7, 11) is 3.29. The number of hydrogen-bond donors (Lipinski definition) is 1. The van der Waals surface area contributed by atoms with E-state index in [0.717, 1.165) is 29.9 Å². The summed E-state index contributed by atoms with van der Waals surface area (Å²) in [6, 6.07) is 3.80. The Morgan fingerprint density at radius 1 is 1.22 bits per heavy atom. The zero-order valence-corrected chi connectivity index (χ0v) is 11.7. The fourth-order valence-electron chi connectivity index (χ4n) is 2.92. The van der Waals surface area contributed by atoms with Gasteiger partial charge in [0.05, 0.1) is 19.2 Å². The Labute approximate surface area is 113 Å². The molecule has 0 atom stereocenters. The van der Waals surface area contributed by atoms with Gasteiger partial charge in [-0.2, -0.15) is 0 Å². The van der Waals surface area contributed by atoms with Crippen molar-refractivity contribution in [2.75, 3.05) is 20.8 Å². The summed E-state index contributed by atoms with van der Waals surface area (Å²) < 4.78 is 10.8. The van der Waals surface area contributed by atoms with Crippen molar-refractivity contribution in [3.63, 3.8) is 0 Å². The zero-order chi connectivity index (χ0) is 13.2. The molecule has 100 valence electrons. The average Bonchev–Trinajstić information content (AvgIpc) is 2.87. The average molecular weight is 270 g/mol. The second-order valence-corrected chi connectivity index (χ2v) is 5.29. The van der Waals surface area contributed by atoms with Gasteiger partial charge in [-0.25, -0.2) is 0 Å². The van der Waals surface area contributed by atoms with Crippen LogP contribution >= 0.6 is 11.6 Å². The van der Waals surface area contributed by atoms with Crippen molar-refractivity contribution < 1.29 is 9.47 Å². The fraction of sp³-hybridized carbons (Fsp3) is 0.571. The molecule has 0 amide bonds. The maximum Gasteiger partial charge on any atom is 0.141 e. The van der Waals surface area contributed by atoms with Gasteiger partial charge in [0.25, 0.3) is 0 Å². The molecule has 2 N–H and O–H groups in total. The second-order valence-electron chi connectivity index (χ2n) is 4.88. The molecule has 1 aliphatic carbocycles. The molecule has 0 heterocycles. The molecule has 0 bridgehead atoms. The number of ether oxygens (including phenoxy) is 2. The third-order valence-corrected chi connectivity index (χ3v) is 4.26. The Morgan fingerprint density at radius 2 is 1.89 bits per heavy atom. The molecule has 0 aromatic heterocycles.